The molecule has 0 N–H and O–H groups in total. The van der Waals surface area contributed by atoms with E-state index in [1.54, 1.807) is 36.4 Å². The molecule has 150 valence electrons. The van der Waals surface area contributed by atoms with Crippen molar-refractivity contribution >= 4 is 33.3 Å². The Balaban J connectivity index is 1.73. The molecule has 30 heavy (non-hydrogen) atoms. The third-order valence-corrected chi connectivity index (χ3v) is 5.52. The number of methoxy groups -OCH3 is 1. The molecule has 1 amide bonds. The Morgan fingerprint density at radius 2 is 1.63 bits per heavy atom. The summed E-state index contributed by atoms with van der Waals surface area (Å²) in [5.74, 6) is -0.0741. The second-order valence-electron chi connectivity index (χ2n) is 6.85. The third-order valence-electron chi connectivity index (χ3n) is 4.99. The number of para-hydroxylation sites is 1. The van der Waals surface area contributed by atoms with Crippen molar-refractivity contribution in [3.63, 3.8) is 0 Å². The largest absolute Gasteiger partial charge is 0.496 e. The molecule has 4 rings (SSSR count). The van der Waals surface area contributed by atoms with Crippen molar-refractivity contribution in [3.8, 4) is 5.75 Å². The first-order valence-corrected chi connectivity index (χ1v) is 10.3. The van der Waals surface area contributed by atoms with Crippen LogP contribution in [0.1, 0.15) is 32.7 Å². The van der Waals surface area contributed by atoms with Gasteiger partial charge in [-0.3, -0.25) is 9.59 Å². The van der Waals surface area contributed by atoms with Crippen LogP contribution in [0.5, 0.6) is 5.75 Å². The summed E-state index contributed by atoms with van der Waals surface area (Å²) in [7, 11) is 1.51. The molecule has 3 aromatic rings. The normalized spacial score (nSPS) is 15.6. The molecule has 0 radical (unpaired) electrons. The van der Waals surface area contributed by atoms with E-state index in [0.29, 0.717) is 29.0 Å². The van der Waals surface area contributed by atoms with E-state index in [9.17, 15) is 9.59 Å². The zero-order chi connectivity index (χ0) is 21.1. The molecule has 3 aromatic carbocycles. The maximum absolute atomic E-state index is 13.4. The number of ketones is 1. The van der Waals surface area contributed by atoms with E-state index in [-0.39, 0.29) is 11.7 Å². The molecule has 0 aromatic heterocycles. The first-order chi connectivity index (χ1) is 14.6. The molecule has 0 saturated carbocycles. The SMILES string of the molecule is COc1ccccc1C(=O)N1N=C(c2ccccc2)C[C@H]1C(=O)c1ccc(Br)cc1. The van der Waals surface area contributed by atoms with Gasteiger partial charge in [-0.05, 0) is 29.8 Å². The minimum absolute atomic E-state index is 0.152. The van der Waals surface area contributed by atoms with Gasteiger partial charge < -0.3 is 4.74 Å². The van der Waals surface area contributed by atoms with Gasteiger partial charge in [0.25, 0.3) is 5.91 Å². The number of nitrogens with zero attached hydrogens (tertiary/aromatic N) is 2. The topological polar surface area (TPSA) is 59.0 Å². The van der Waals surface area contributed by atoms with Crippen molar-refractivity contribution in [1.82, 2.24) is 5.01 Å². The van der Waals surface area contributed by atoms with Crippen LogP contribution in [0.2, 0.25) is 0 Å². The molecule has 1 heterocycles. The van der Waals surface area contributed by atoms with Gasteiger partial charge in [0, 0.05) is 16.5 Å². The third kappa shape index (κ3) is 3.91. The monoisotopic (exact) mass is 462 g/mol. The molecule has 5 nitrogen and oxygen atoms in total. The number of hydrazone groups is 1. The number of amides is 1. The highest BCUT2D eigenvalue weighted by atomic mass is 79.9. The summed E-state index contributed by atoms with van der Waals surface area (Å²) >= 11 is 3.39. The van der Waals surface area contributed by atoms with E-state index < -0.39 is 6.04 Å². The Morgan fingerprint density at radius 1 is 0.967 bits per heavy atom. The van der Waals surface area contributed by atoms with Gasteiger partial charge in [0.1, 0.15) is 11.8 Å². The van der Waals surface area contributed by atoms with E-state index in [4.69, 9.17) is 4.74 Å². The lowest BCUT2D eigenvalue weighted by Gasteiger charge is -2.21. The van der Waals surface area contributed by atoms with Crippen LogP contribution in [0.4, 0.5) is 0 Å². The number of benzene rings is 3. The number of carbonyl (C=O) groups is 2. The smallest absolute Gasteiger partial charge is 0.278 e. The highest BCUT2D eigenvalue weighted by Gasteiger charge is 2.38. The zero-order valence-electron chi connectivity index (χ0n) is 16.3. The lowest BCUT2D eigenvalue weighted by Crippen LogP contribution is -2.38. The summed E-state index contributed by atoms with van der Waals surface area (Å²) in [6, 6.07) is 23.0. The van der Waals surface area contributed by atoms with Gasteiger partial charge >= 0.3 is 0 Å². The van der Waals surface area contributed by atoms with E-state index in [0.717, 1.165) is 10.0 Å². The van der Waals surface area contributed by atoms with E-state index in [1.807, 2.05) is 42.5 Å². The summed E-state index contributed by atoms with van der Waals surface area (Å²) in [6.07, 6.45) is 0.347. The molecule has 1 aliphatic rings. The van der Waals surface area contributed by atoms with Crippen LogP contribution in [-0.4, -0.2) is 35.6 Å². The quantitative estimate of drug-likeness (QED) is 0.503. The molecular formula is C24H19BrN2O3. The molecule has 1 atom stereocenters. The summed E-state index contributed by atoms with van der Waals surface area (Å²) < 4.78 is 6.23. The number of hydrogen-bond acceptors (Lipinski definition) is 4. The summed E-state index contributed by atoms with van der Waals surface area (Å²) in [5.41, 5.74) is 2.49. The number of Topliss-reactive ketones (excluding diaryl/α,β-unsaturated/α-hetero) is 1. The molecule has 0 bridgehead atoms. The van der Waals surface area contributed by atoms with Crippen molar-refractivity contribution in [2.75, 3.05) is 7.11 Å². The molecule has 0 saturated heterocycles. The lowest BCUT2D eigenvalue weighted by molar-refractivity contribution is 0.0644. The fourth-order valence-electron chi connectivity index (χ4n) is 3.46. The fourth-order valence-corrected chi connectivity index (χ4v) is 3.72. The molecular weight excluding hydrogens is 444 g/mol. The highest BCUT2D eigenvalue weighted by Crippen LogP contribution is 2.28. The number of ether oxygens (including phenoxy) is 1. The Labute approximate surface area is 183 Å². The van der Waals surface area contributed by atoms with Gasteiger partial charge in [-0.15, -0.1) is 0 Å². The van der Waals surface area contributed by atoms with Crippen LogP contribution in [0.25, 0.3) is 0 Å². The van der Waals surface area contributed by atoms with Crippen molar-refractivity contribution < 1.29 is 14.3 Å². The van der Waals surface area contributed by atoms with Crippen LogP contribution in [0, 0.1) is 0 Å². The van der Waals surface area contributed by atoms with Crippen LogP contribution < -0.4 is 4.74 Å². The van der Waals surface area contributed by atoms with Crippen molar-refractivity contribution in [2.45, 2.75) is 12.5 Å². The summed E-state index contributed by atoms with van der Waals surface area (Å²) in [4.78, 5) is 26.7. The van der Waals surface area contributed by atoms with Crippen LogP contribution >= 0.6 is 15.9 Å². The van der Waals surface area contributed by atoms with E-state index >= 15 is 0 Å². The van der Waals surface area contributed by atoms with Gasteiger partial charge in [0.15, 0.2) is 5.78 Å². The van der Waals surface area contributed by atoms with Gasteiger partial charge in [-0.2, -0.15) is 5.10 Å². The maximum atomic E-state index is 13.4. The second kappa shape index (κ2) is 8.63. The number of carbonyl (C=O) groups excluding carboxylic acids is 2. The zero-order valence-corrected chi connectivity index (χ0v) is 17.9. The van der Waals surface area contributed by atoms with Crippen molar-refractivity contribution in [2.24, 2.45) is 5.10 Å². The minimum atomic E-state index is -0.723. The summed E-state index contributed by atoms with van der Waals surface area (Å²) in [5, 5.41) is 5.87. The lowest BCUT2D eigenvalue weighted by atomic mass is 9.97. The van der Waals surface area contributed by atoms with Gasteiger partial charge in [-0.25, -0.2) is 5.01 Å². The molecule has 1 aliphatic heterocycles. The van der Waals surface area contributed by atoms with E-state index in [2.05, 4.69) is 21.0 Å². The number of halogens is 1. The fraction of sp³-hybridized carbons (Fsp3) is 0.125. The number of hydrogen-bond donors (Lipinski definition) is 0. The maximum Gasteiger partial charge on any atom is 0.278 e. The van der Waals surface area contributed by atoms with Crippen LogP contribution in [-0.2, 0) is 0 Å². The van der Waals surface area contributed by atoms with Crippen LogP contribution in [0.15, 0.2) is 88.4 Å². The Bertz CT molecular complexity index is 1110. The van der Waals surface area contributed by atoms with Crippen LogP contribution in [0.3, 0.4) is 0 Å². The first kappa shape index (κ1) is 20.0. The molecule has 0 aliphatic carbocycles. The van der Waals surface area contributed by atoms with Crippen molar-refractivity contribution in [3.05, 3.63) is 100 Å². The molecule has 0 unspecified atom stereocenters. The highest BCUT2D eigenvalue weighted by molar-refractivity contribution is 9.10. The minimum Gasteiger partial charge on any atom is -0.496 e. The second-order valence-corrected chi connectivity index (χ2v) is 7.77. The van der Waals surface area contributed by atoms with Crippen molar-refractivity contribution in [1.29, 1.82) is 0 Å². The Morgan fingerprint density at radius 3 is 2.33 bits per heavy atom. The first-order valence-electron chi connectivity index (χ1n) is 9.47. The average Bonchev–Trinajstić information content (AvgIpc) is 3.24. The predicted molar refractivity (Wildman–Crippen MR) is 119 cm³/mol. The van der Waals surface area contributed by atoms with E-state index in [1.165, 1.54) is 12.1 Å². The Hall–Kier alpha value is -3.25. The standard InChI is InChI=1S/C24H19BrN2O3/c1-30-22-10-6-5-9-19(22)24(29)27-21(23(28)17-11-13-18(25)14-12-17)15-20(26-27)16-7-3-2-4-8-16/h2-14,21H,15H2,1H3/t21-/m0/s1. The predicted octanol–water partition coefficient (Wildman–Crippen LogP) is 4.96. The van der Waals surface area contributed by atoms with Gasteiger partial charge in [0.05, 0.1) is 18.4 Å². The van der Waals surface area contributed by atoms with Gasteiger partial charge in [0.2, 0.25) is 0 Å². The van der Waals surface area contributed by atoms with Gasteiger partial charge in [-0.1, -0.05) is 70.5 Å². The number of rotatable bonds is 5. The molecule has 6 heteroatoms. The molecule has 0 fully saturated rings. The molecule has 0 spiro atoms. The summed E-state index contributed by atoms with van der Waals surface area (Å²) in [6.45, 7) is 0. The Kier molecular flexibility index (Phi) is 5.77. The average molecular weight is 463 g/mol.